The van der Waals surface area contributed by atoms with Gasteiger partial charge in [0.1, 0.15) is 35.7 Å². The summed E-state index contributed by atoms with van der Waals surface area (Å²) in [4.78, 5) is 26.3. The van der Waals surface area contributed by atoms with Crippen LogP contribution in [-0.4, -0.2) is 39.9 Å². The lowest BCUT2D eigenvalue weighted by Crippen LogP contribution is -2.13. The fraction of sp³-hybridized carbons (Fsp3) is 0.273. The lowest BCUT2D eigenvalue weighted by atomic mass is 10.2. The summed E-state index contributed by atoms with van der Waals surface area (Å²) in [7, 11) is 3.92. The summed E-state index contributed by atoms with van der Waals surface area (Å²) in [5, 5.41) is 0.273. The number of hydrogen-bond donors (Lipinski definition) is 0. The first-order valence-electron chi connectivity index (χ1n) is 9.26. The van der Waals surface area contributed by atoms with Crippen molar-refractivity contribution in [1.82, 2.24) is 0 Å². The summed E-state index contributed by atoms with van der Waals surface area (Å²) < 4.78 is 21.9. The van der Waals surface area contributed by atoms with Crippen molar-refractivity contribution in [2.75, 3.05) is 38.8 Å². The molecular formula is C22H23NO6. The number of nitrogens with zero attached hydrogens (tertiary/aromatic N) is 1. The third-order valence-electron chi connectivity index (χ3n) is 4.14. The predicted octanol–water partition coefficient (Wildman–Crippen LogP) is 3.49. The van der Waals surface area contributed by atoms with Crippen LogP contribution in [0.2, 0.25) is 0 Å². The van der Waals surface area contributed by atoms with Crippen molar-refractivity contribution >= 4 is 22.6 Å². The van der Waals surface area contributed by atoms with Crippen molar-refractivity contribution in [3.8, 4) is 11.5 Å². The minimum atomic E-state index is -0.675. The van der Waals surface area contributed by atoms with Crippen LogP contribution in [0.5, 0.6) is 11.5 Å². The fourth-order valence-electron chi connectivity index (χ4n) is 2.76. The maximum absolute atomic E-state index is 12.5. The Kier molecular flexibility index (Phi) is 6.39. The van der Waals surface area contributed by atoms with Crippen molar-refractivity contribution in [1.29, 1.82) is 0 Å². The van der Waals surface area contributed by atoms with Gasteiger partial charge in [0.15, 0.2) is 5.43 Å². The Hall–Kier alpha value is -3.48. The molecule has 0 fully saturated rings. The largest absolute Gasteiger partial charge is 0.490 e. The molecule has 0 spiro atoms. The van der Waals surface area contributed by atoms with Gasteiger partial charge in [-0.15, -0.1) is 0 Å². The smallest absolute Gasteiger partial charge is 0.374 e. The Morgan fingerprint density at radius 1 is 1.03 bits per heavy atom. The molecule has 152 valence electrons. The summed E-state index contributed by atoms with van der Waals surface area (Å²) in [5.41, 5.74) is 0.926. The zero-order valence-corrected chi connectivity index (χ0v) is 16.6. The third-order valence-corrected chi connectivity index (χ3v) is 4.14. The van der Waals surface area contributed by atoms with Crippen molar-refractivity contribution in [3.05, 3.63) is 64.5 Å². The van der Waals surface area contributed by atoms with E-state index in [9.17, 15) is 9.59 Å². The summed E-state index contributed by atoms with van der Waals surface area (Å²) in [5.74, 6) is 0.297. The van der Waals surface area contributed by atoms with Crippen LogP contribution in [0.3, 0.4) is 0 Å². The lowest BCUT2D eigenvalue weighted by Gasteiger charge is -2.14. The van der Waals surface area contributed by atoms with Gasteiger partial charge in [0.25, 0.3) is 0 Å². The van der Waals surface area contributed by atoms with Gasteiger partial charge >= 0.3 is 5.97 Å². The number of carbonyl (C=O) groups is 1. The molecule has 0 amide bonds. The molecule has 0 aliphatic heterocycles. The van der Waals surface area contributed by atoms with Gasteiger partial charge in [0.2, 0.25) is 5.76 Å². The molecule has 0 unspecified atom stereocenters. The van der Waals surface area contributed by atoms with Crippen LogP contribution in [0, 0.1) is 0 Å². The number of esters is 1. The van der Waals surface area contributed by atoms with Crippen LogP contribution in [0.1, 0.15) is 17.5 Å². The highest BCUT2D eigenvalue weighted by Gasteiger charge is 2.15. The number of anilines is 1. The minimum Gasteiger partial charge on any atom is -0.490 e. The number of fused-ring (bicyclic) bond motifs is 1. The van der Waals surface area contributed by atoms with Crippen LogP contribution in [0.25, 0.3) is 11.0 Å². The van der Waals surface area contributed by atoms with Crippen molar-refractivity contribution in [3.63, 3.8) is 0 Å². The highest BCUT2D eigenvalue weighted by molar-refractivity contribution is 5.90. The maximum Gasteiger partial charge on any atom is 0.374 e. The van der Waals surface area contributed by atoms with E-state index in [0.717, 1.165) is 17.5 Å². The van der Waals surface area contributed by atoms with E-state index in [-0.39, 0.29) is 35.4 Å². The molecule has 0 radical (unpaired) electrons. The maximum atomic E-state index is 12.5. The van der Waals surface area contributed by atoms with Gasteiger partial charge in [-0.05, 0) is 31.2 Å². The van der Waals surface area contributed by atoms with E-state index in [1.165, 1.54) is 0 Å². The van der Waals surface area contributed by atoms with E-state index in [2.05, 4.69) is 0 Å². The van der Waals surface area contributed by atoms with Crippen LogP contribution in [0.4, 0.5) is 5.69 Å². The quantitative estimate of drug-likeness (QED) is 0.425. The molecule has 2 aromatic carbocycles. The molecule has 1 heterocycles. The second kappa shape index (κ2) is 9.14. The Bertz CT molecular complexity index is 1060. The number of ether oxygens (including phenoxy) is 3. The normalized spacial score (nSPS) is 10.6. The lowest BCUT2D eigenvalue weighted by molar-refractivity contribution is 0.0490. The van der Waals surface area contributed by atoms with Crippen LogP contribution in [-0.2, 0) is 4.74 Å². The number of carbonyl (C=O) groups excluding carboxylic acids is 1. The molecule has 0 saturated carbocycles. The minimum absolute atomic E-state index is 0.134. The molecule has 0 aliphatic carbocycles. The van der Waals surface area contributed by atoms with E-state index in [4.69, 9.17) is 18.6 Å². The second-order valence-electron chi connectivity index (χ2n) is 6.41. The highest BCUT2D eigenvalue weighted by atomic mass is 16.5. The Morgan fingerprint density at radius 3 is 2.55 bits per heavy atom. The molecule has 0 atom stereocenters. The molecule has 3 aromatic rings. The molecule has 0 N–H and O–H groups in total. The molecule has 7 heteroatoms. The first-order chi connectivity index (χ1) is 14.0. The summed E-state index contributed by atoms with van der Waals surface area (Å²) in [6.45, 7) is 2.42. The summed E-state index contributed by atoms with van der Waals surface area (Å²) in [6, 6.07) is 13.8. The topological polar surface area (TPSA) is 78.2 Å². The predicted molar refractivity (Wildman–Crippen MR) is 110 cm³/mol. The molecule has 0 saturated heterocycles. The van der Waals surface area contributed by atoms with Gasteiger partial charge in [-0.2, -0.15) is 0 Å². The van der Waals surface area contributed by atoms with Gasteiger partial charge in [-0.1, -0.05) is 12.1 Å². The molecule has 0 bridgehead atoms. The third kappa shape index (κ3) is 4.87. The van der Waals surface area contributed by atoms with Crippen molar-refractivity contribution in [2.45, 2.75) is 6.92 Å². The van der Waals surface area contributed by atoms with Crippen LogP contribution in [0.15, 0.2) is 57.7 Å². The zero-order chi connectivity index (χ0) is 20.8. The zero-order valence-electron chi connectivity index (χ0n) is 16.6. The molecular weight excluding hydrogens is 374 g/mol. The van der Waals surface area contributed by atoms with E-state index in [0.29, 0.717) is 12.4 Å². The first kappa shape index (κ1) is 20.3. The van der Waals surface area contributed by atoms with Crippen LogP contribution >= 0.6 is 0 Å². The Labute approximate surface area is 168 Å². The second-order valence-corrected chi connectivity index (χ2v) is 6.41. The average molecular weight is 397 g/mol. The van der Waals surface area contributed by atoms with Gasteiger partial charge in [0.05, 0.1) is 6.61 Å². The van der Waals surface area contributed by atoms with E-state index < -0.39 is 5.97 Å². The number of hydrogen-bond acceptors (Lipinski definition) is 7. The van der Waals surface area contributed by atoms with E-state index in [1.54, 1.807) is 25.1 Å². The number of rotatable bonds is 8. The van der Waals surface area contributed by atoms with Gasteiger partial charge in [0, 0.05) is 31.9 Å². The van der Waals surface area contributed by atoms with Gasteiger partial charge in [-0.3, -0.25) is 4.79 Å². The average Bonchev–Trinajstić information content (AvgIpc) is 2.71. The van der Waals surface area contributed by atoms with Gasteiger partial charge in [-0.25, -0.2) is 4.79 Å². The molecule has 0 aliphatic rings. The number of benzene rings is 2. The Morgan fingerprint density at radius 2 is 1.79 bits per heavy atom. The Balaban J connectivity index is 1.70. The summed E-state index contributed by atoms with van der Waals surface area (Å²) >= 11 is 0. The van der Waals surface area contributed by atoms with Crippen molar-refractivity contribution in [2.24, 2.45) is 0 Å². The van der Waals surface area contributed by atoms with Gasteiger partial charge < -0.3 is 23.5 Å². The molecule has 7 nitrogen and oxygen atoms in total. The molecule has 29 heavy (non-hydrogen) atoms. The molecule has 1 aromatic heterocycles. The first-order valence-corrected chi connectivity index (χ1v) is 9.26. The van der Waals surface area contributed by atoms with Crippen LogP contribution < -0.4 is 19.8 Å². The standard InChI is InChI=1S/C22H23NO6/c1-4-26-22(25)20-14-17(24)21-18(9-6-10-19(21)29-20)28-12-11-27-16-8-5-7-15(13-16)23(2)3/h5-10,13-14H,4,11-12H2,1-3H3. The monoisotopic (exact) mass is 397 g/mol. The summed E-state index contributed by atoms with van der Waals surface area (Å²) in [6.07, 6.45) is 0. The SMILES string of the molecule is CCOC(=O)c1cc(=O)c2c(OCCOc3cccc(N(C)C)c3)cccc2o1. The van der Waals surface area contributed by atoms with E-state index >= 15 is 0 Å². The van der Waals surface area contributed by atoms with E-state index in [1.807, 2.05) is 43.3 Å². The highest BCUT2D eigenvalue weighted by Crippen LogP contribution is 2.24. The van der Waals surface area contributed by atoms with Crippen molar-refractivity contribution < 1.29 is 23.4 Å². The molecule has 3 rings (SSSR count). The fourth-order valence-corrected chi connectivity index (χ4v) is 2.76.